The van der Waals surface area contributed by atoms with Crippen LogP contribution in [0.2, 0.25) is 0 Å². The van der Waals surface area contributed by atoms with Crippen molar-refractivity contribution < 1.29 is 61.9 Å². The molecule has 232 valence electrons. The molecular formula is C30H34O13. The van der Waals surface area contributed by atoms with Crippen molar-refractivity contribution in [1.29, 1.82) is 0 Å². The van der Waals surface area contributed by atoms with Gasteiger partial charge in [-0.3, -0.25) is 19.2 Å². The molecule has 1 aliphatic heterocycles. The molecule has 13 heteroatoms. The normalized spacial score (nSPS) is 21.1. The number of methoxy groups -OCH3 is 1. The van der Waals surface area contributed by atoms with Crippen LogP contribution in [0.5, 0.6) is 11.5 Å². The Hall–Kier alpha value is -4.65. The maximum absolute atomic E-state index is 12.2. The summed E-state index contributed by atoms with van der Waals surface area (Å²) in [6.07, 6.45) is -6.68. The van der Waals surface area contributed by atoms with E-state index in [2.05, 4.69) is 4.74 Å². The number of ether oxygens (including phenoxy) is 8. The Morgan fingerprint density at radius 3 is 1.93 bits per heavy atom. The molecule has 0 aliphatic carbocycles. The second kappa shape index (κ2) is 15.0. The number of carbonyl (C=O) groups is 5. The van der Waals surface area contributed by atoms with Crippen molar-refractivity contribution in [1.82, 2.24) is 0 Å². The lowest BCUT2D eigenvalue weighted by Gasteiger charge is -2.44. The van der Waals surface area contributed by atoms with Crippen LogP contribution in [0.3, 0.4) is 0 Å². The third kappa shape index (κ3) is 8.92. The summed E-state index contributed by atoms with van der Waals surface area (Å²) >= 11 is 0. The van der Waals surface area contributed by atoms with E-state index >= 15 is 0 Å². The molecule has 5 atom stereocenters. The van der Waals surface area contributed by atoms with Gasteiger partial charge in [-0.15, -0.1) is 0 Å². The zero-order chi connectivity index (χ0) is 31.7. The molecule has 1 heterocycles. The Balaban J connectivity index is 2.05. The fourth-order valence-corrected chi connectivity index (χ4v) is 4.46. The molecule has 0 radical (unpaired) electrons. The van der Waals surface area contributed by atoms with Gasteiger partial charge in [-0.1, -0.05) is 30.3 Å². The molecule has 43 heavy (non-hydrogen) atoms. The van der Waals surface area contributed by atoms with Gasteiger partial charge in [-0.05, 0) is 30.2 Å². The van der Waals surface area contributed by atoms with E-state index < -0.39 is 67.2 Å². The number of hydrogen-bond acceptors (Lipinski definition) is 13. The summed E-state index contributed by atoms with van der Waals surface area (Å²) in [7, 11) is 1.26. The zero-order valence-electron chi connectivity index (χ0n) is 24.6. The summed E-state index contributed by atoms with van der Waals surface area (Å²) in [4.78, 5) is 59.5. The van der Waals surface area contributed by atoms with E-state index in [1.54, 1.807) is 43.3 Å². The fourth-order valence-electron chi connectivity index (χ4n) is 4.46. The zero-order valence-corrected chi connectivity index (χ0v) is 24.6. The van der Waals surface area contributed by atoms with Gasteiger partial charge in [0.1, 0.15) is 24.2 Å². The van der Waals surface area contributed by atoms with E-state index in [4.69, 9.17) is 33.2 Å². The van der Waals surface area contributed by atoms with Gasteiger partial charge >= 0.3 is 29.8 Å². The minimum atomic E-state index is -1.42. The molecule has 2 aromatic carbocycles. The van der Waals surface area contributed by atoms with E-state index in [0.29, 0.717) is 22.4 Å². The van der Waals surface area contributed by atoms with Crippen LogP contribution >= 0.6 is 0 Å². The van der Waals surface area contributed by atoms with Crippen molar-refractivity contribution in [2.45, 2.75) is 65.3 Å². The monoisotopic (exact) mass is 602 g/mol. The smallest absolute Gasteiger partial charge is 0.343 e. The van der Waals surface area contributed by atoms with E-state index in [1.807, 2.05) is 6.07 Å². The van der Waals surface area contributed by atoms with E-state index in [-0.39, 0.29) is 12.4 Å². The highest BCUT2D eigenvalue weighted by Gasteiger charge is 2.53. The minimum Gasteiger partial charge on any atom is -0.482 e. The number of benzene rings is 2. The van der Waals surface area contributed by atoms with Gasteiger partial charge in [-0.25, -0.2) is 4.79 Å². The van der Waals surface area contributed by atoms with Crippen LogP contribution in [0.15, 0.2) is 42.5 Å². The number of rotatable bonds is 11. The van der Waals surface area contributed by atoms with Gasteiger partial charge in [0.05, 0.1) is 7.11 Å². The average molecular weight is 603 g/mol. The van der Waals surface area contributed by atoms with E-state index in [9.17, 15) is 24.0 Å². The highest BCUT2D eigenvalue weighted by molar-refractivity contribution is 5.76. The second-order valence-corrected chi connectivity index (χ2v) is 9.48. The van der Waals surface area contributed by atoms with Crippen LogP contribution in [0.1, 0.15) is 33.3 Å². The molecular weight excluding hydrogens is 568 g/mol. The van der Waals surface area contributed by atoms with Crippen molar-refractivity contribution in [2.75, 3.05) is 20.3 Å². The molecule has 13 nitrogen and oxygen atoms in total. The first-order chi connectivity index (χ1) is 20.4. The fraction of sp³-hybridized carbons (Fsp3) is 0.433. The number of para-hydroxylation sites is 1. The molecule has 0 aromatic heterocycles. The van der Waals surface area contributed by atoms with Crippen molar-refractivity contribution >= 4 is 29.8 Å². The highest BCUT2D eigenvalue weighted by atomic mass is 16.7. The van der Waals surface area contributed by atoms with Crippen LogP contribution in [0, 0.1) is 6.92 Å². The predicted octanol–water partition coefficient (Wildman–Crippen LogP) is 2.68. The molecule has 0 unspecified atom stereocenters. The second-order valence-electron chi connectivity index (χ2n) is 9.48. The summed E-state index contributed by atoms with van der Waals surface area (Å²) in [5.74, 6) is -2.72. The Bertz CT molecular complexity index is 1340. The summed E-state index contributed by atoms with van der Waals surface area (Å²) in [5.41, 5.74) is 1.95. The van der Waals surface area contributed by atoms with Crippen molar-refractivity contribution in [3.63, 3.8) is 0 Å². The van der Waals surface area contributed by atoms with Crippen LogP contribution in [-0.2, 0) is 52.4 Å². The Kier molecular flexibility index (Phi) is 11.5. The molecule has 1 fully saturated rings. The van der Waals surface area contributed by atoms with Crippen LogP contribution < -0.4 is 9.47 Å². The first-order valence-electron chi connectivity index (χ1n) is 13.3. The van der Waals surface area contributed by atoms with Crippen molar-refractivity contribution in [2.24, 2.45) is 0 Å². The predicted molar refractivity (Wildman–Crippen MR) is 147 cm³/mol. The van der Waals surface area contributed by atoms with Gasteiger partial charge < -0.3 is 37.9 Å². The largest absolute Gasteiger partial charge is 0.482 e. The minimum absolute atomic E-state index is 0.275. The highest BCUT2D eigenvalue weighted by Crippen LogP contribution is 2.38. The molecule has 0 amide bonds. The van der Waals surface area contributed by atoms with Gasteiger partial charge in [-0.2, -0.15) is 0 Å². The van der Waals surface area contributed by atoms with Crippen LogP contribution in [-0.4, -0.2) is 80.9 Å². The lowest BCUT2D eigenvalue weighted by Crippen LogP contribution is -2.63. The maximum atomic E-state index is 12.2. The molecule has 0 saturated carbocycles. The molecule has 2 aromatic rings. The van der Waals surface area contributed by atoms with Crippen LogP contribution in [0.25, 0.3) is 11.1 Å². The summed E-state index contributed by atoms with van der Waals surface area (Å²) in [6.45, 7) is 5.72. The molecule has 1 saturated heterocycles. The first kappa shape index (κ1) is 32.9. The Labute approximate surface area is 248 Å². The average Bonchev–Trinajstić information content (AvgIpc) is 2.94. The topological polar surface area (TPSA) is 159 Å². The lowest BCUT2D eigenvalue weighted by atomic mass is 9.97. The van der Waals surface area contributed by atoms with E-state index in [0.717, 1.165) is 20.8 Å². The quantitative estimate of drug-likeness (QED) is 0.273. The lowest BCUT2D eigenvalue weighted by molar-refractivity contribution is -0.288. The van der Waals surface area contributed by atoms with Crippen LogP contribution in [0.4, 0.5) is 0 Å². The number of hydrogen-bond donors (Lipinski definition) is 0. The van der Waals surface area contributed by atoms with Crippen molar-refractivity contribution in [3.05, 3.63) is 48.0 Å². The Morgan fingerprint density at radius 2 is 1.30 bits per heavy atom. The summed E-state index contributed by atoms with van der Waals surface area (Å²) in [5, 5.41) is 0. The van der Waals surface area contributed by atoms with Gasteiger partial charge in [0.25, 0.3) is 0 Å². The molecule has 0 spiro atoms. The van der Waals surface area contributed by atoms with Gasteiger partial charge in [0.15, 0.2) is 18.8 Å². The third-order valence-electron chi connectivity index (χ3n) is 6.23. The summed E-state index contributed by atoms with van der Waals surface area (Å²) in [6, 6.07) is 12.1. The molecule has 1 aliphatic rings. The van der Waals surface area contributed by atoms with Gasteiger partial charge in [0.2, 0.25) is 12.4 Å². The summed E-state index contributed by atoms with van der Waals surface area (Å²) < 4.78 is 44.1. The Morgan fingerprint density at radius 1 is 0.721 bits per heavy atom. The molecule has 0 N–H and O–H groups in total. The standard InChI is InChI=1S/C30H34O13/c1-16-21(11-9-13-23(16)38-15-26(35)36-6)22-10-7-8-12-24(22)42-30-29(41-20(5)34)28(40-19(4)33)27(39-18(3)32)25(43-30)14-37-17(2)31/h7-13,25,27-30H,14-15H2,1-6H3/t25-,27-,28+,29+,30+/m1/s1. The van der Waals surface area contributed by atoms with Gasteiger partial charge in [0, 0.05) is 33.3 Å². The number of carbonyl (C=O) groups excluding carboxylic acids is 5. The molecule has 3 rings (SSSR count). The van der Waals surface area contributed by atoms with E-state index in [1.165, 1.54) is 14.0 Å². The SMILES string of the molecule is COC(=O)COc1cccc(-c2ccccc2O[C@H]2O[C@H](COC(C)=O)[C@@H](OC(C)=O)[C@H](OC(C)=O)[C@@H]2OC(C)=O)c1C. The third-order valence-corrected chi connectivity index (χ3v) is 6.23. The number of esters is 5. The first-order valence-corrected chi connectivity index (χ1v) is 13.3. The van der Waals surface area contributed by atoms with Crippen molar-refractivity contribution in [3.8, 4) is 22.6 Å². The maximum Gasteiger partial charge on any atom is 0.343 e. The molecule has 0 bridgehead atoms.